The SMILES string of the molecule is COc1ccccc1C(=O)Nc1sc2c(c1C#N)CC[C@@H](C)C2. The van der Waals surface area contributed by atoms with Crippen molar-refractivity contribution in [2.45, 2.75) is 26.2 Å². The number of nitrogens with one attached hydrogen (secondary N) is 1. The van der Waals surface area contributed by atoms with Crippen LogP contribution in [0.2, 0.25) is 0 Å². The number of hydrogen-bond acceptors (Lipinski definition) is 4. The van der Waals surface area contributed by atoms with Gasteiger partial charge in [0.15, 0.2) is 0 Å². The number of carbonyl (C=O) groups excluding carboxylic acids is 1. The van der Waals surface area contributed by atoms with Crippen molar-refractivity contribution in [3.05, 3.63) is 45.8 Å². The van der Waals surface area contributed by atoms with Gasteiger partial charge in [-0.15, -0.1) is 11.3 Å². The summed E-state index contributed by atoms with van der Waals surface area (Å²) in [6, 6.07) is 9.35. The lowest BCUT2D eigenvalue weighted by Gasteiger charge is -2.17. The van der Waals surface area contributed by atoms with Gasteiger partial charge < -0.3 is 10.1 Å². The van der Waals surface area contributed by atoms with Gasteiger partial charge in [0.1, 0.15) is 16.8 Å². The Labute approximate surface area is 139 Å². The van der Waals surface area contributed by atoms with Crippen LogP contribution in [-0.2, 0) is 12.8 Å². The number of benzene rings is 1. The summed E-state index contributed by atoms with van der Waals surface area (Å²) in [5, 5.41) is 13.1. The lowest BCUT2D eigenvalue weighted by atomic mass is 9.88. The van der Waals surface area contributed by atoms with E-state index in [2.05, 4.69) is 18.3 Å². The van der Waals surface area contributed by atoms with Gasteiger partial charge in [0, 0.05) is 4.88 Å². The van der Waals surface area contributed by atoms with Gasteiger partial charge in [-0.05, 0) is 42.9 Å². The van der Waals surface area contributed by atoms with E-state index in [9.17, 15) is 10.1 Å². The zero-order chi connectivity index (χ0) is 16.4. The van der Waals surface area contributed by atoms with Crippen molar-refractivity contribution in [1.29, 1.82) is 5.26 Å². The minimum Gasteiger partial charge on any atom is -0.496 e. The van der Waals surface area contributed by atoms with Crippen LogP contribution in [0.1, 0.15) is 39.7 Å². The molecule has 4 nitrogen and oxygen atoms in total. The third-order valence-electron chi connectivity index (χ3n) is 4.20. The fourth-order valence-corrected chi connectivity index (χ4v) is 4.32. The Kier molecular flexibility index (Phi) is 4.35. The number of para-hydroxylation sites is 1. The lowest BCUT2D eigenvalue weighted by molar-refractivity contribution is 0.102. The Balaban J connectivity index is 1.91. The number of amides is 1. The van der Waals surface area contributed by atoms with Gasteiger partial charge in [0.25, 0.3) is 5.91 Å². The van der Waals surface area contributed by atoms with Crippen molar-refractivity contribution in [2.24, 2.45) is 5.92 Å². The van der Waals surface area contributed by atoms with Gasteiger partial charge in [0.2, 0.25) is 0 Å². The zero-order valence-corrected chi connectivity index (χ0v) is 14.0. The molecule has 1 atom stereocenters. The second-order valence-electron chi connectivity index (χ2n) is 5.82. The van der Waals surface area contributed by atoms with Gasteiger partial charge >= 0.3 is 0 Å². The number of anilines is 1. The quantitative estimate of drug-likeness (QED) is 0.927. The van der Waals surface area contributed by atoms with Crippen molar-refractivity contribution in [1.82, 2.24) is 0 Å². The first kappa shape index (κ1) is 15.6. The molecule has 1 aliphatic carbocycles. The molecule has 3 rings (SSSR count). The molecule has 5 heteroatoms. The molecular formula is C18H18N2O2S. The van der Waals surface area contributed by atoms with Crippen LogP contribution in [-0.4, -0.2) is 13.0 Å². The molecule has 0 unspecified atom stereocenters. The standard InChI is InChI=1S/C18H18N2O2S/c1-11-7-8-12-14(10-19)18(23-16(12)9-11)20-17(21)13-5-3-4-6-15(13)22-2/h3-6,11H,7-9H2,1-2H3,(H,20,21)/t11-/m1/s1. The smallest absolute Gasteiger partial charge is 0.260 e. The summed E-state index contributed by atoms with van der Waals surface area (Å²) in [4.78, 5) is 13.8. The van der Waals surface area contributed by atoms with Crippen molar-refractivity contribution < 1.29 is 9.53 Å². The predicted molar refractivity (Wildman–Crippen MR) is 91.2 cm³/mol. The first-order valence-corrected chi connectivity index (χ1v) is 8.44. The first-order valence-electron chi connectivity index (χ1n) is 7.63. The molecule has 1 aromatic heterocycles. The molecule has 1 aliphatic rings. The summed E-state index contributed by atoms with van der Waals surface area (Å²) in [5.74, 6) is 0.912. The van der Waals surface area contributed by atoms with E-state index in [1.165, 1.54) is 23.3 Å². The highest BCUT2D eigenvalue weighted by molar-refractivity contribution is 7.16. The molecule has 23 heavy (non-hydrogen) atoms. The van der Waals surface area contributed by atoms with E-state index in [1.807, 2.05) is 6.07 Å². The number of hydrogen-bond donors (Lipinski definition) is 1. The van der Waals surface area contributed by atoms with E-state index in [4.69, 9.17) is 4.74 Å². The van der Waals surface area contributed by atoms with Gasteiger partial charge in [-0.3, -0.25) is 4.79 Å². The number of ether oxygens (including phenoxy) is 1. The van der Waals surface area contributed by atoms with E-state index < -0.39 is 0 Å². The van der Waals surface area contributed by atoms with Crippen LogP contribution in [0, 0.1) is 17.2 Å². The number of fused-ring (bicyclic) bond motifs is 1. The summed E-state index contributed by atoms with van der Waals surface area (Å²) < 4.78 is 5.23. The Morgan fingerprint density at radius 2 is 2.22 bits per heavy atom. The fourth-order valence-electron chi connectivity index (χ4n) is 2.96. The Bertz CT molecular complexity index is 789. The largest absolute Gasteiger partial charge is 0.496 e. The molecular weight excluding hydrogens is 308 g/mol. The molecule has 1 N–H and O–H groups in total. The molecule has 1 amide bonds. The van der Waals surface area contributed by atoms with Gasteiger partial charge in [-0.25, -0.2) is 0 Å². The summed E-state index contributed by atoms with van der Waals surface area (Å²) in [7, 11) is 1.54. The third-order valence-corrected chi connectivity index (χ3v) is 5.37. The van der Waals surface area contributed by atoms with E-state index in [0.717, 1.165) is 24.8 Å². The van der Waals surface area contributed by atoms with E-state index in [-0.39, 0.29) is 5.91 Å². The number of rotatable bonds is 3. The molecule has 0 aliphatic heterocycles. The highest BCUT2D eigenvalue weighted by Crippen LogP contribution is 2.39. The maximum Gasteiger partial charge on any atom is 0.260 e. The monoisotopic (exact) mass is 326 g/mol. The molecule has 2 aromatic rings. The number of nitrogens with zero attached hydrogens (tertiary/aromatic N) is 1. The first-order chi connectivity index (χ1) is 11.1. The van der Waals surface area contributed by atoms with Crippen LogP contribution >= 0.6 is 11.3 Å². The summed E-state index contributed by atoms with van der Waals surface area (Å²) in [6.45, 7) is 2.22. The molecule has 0 radical (unpaired) electrons. The second kappa shape index (κ2) is 6.43. The second-order valence-corrected chi connectivity index (χ2v) is 6.93. The fraction of sp³-hybridized carbons (Fsp3) is 0.333. The van der Waals surface area contributed by atoms with E-state index in [0.29, 0.717) is 27.8 Å². The molecule has 0 saturated heterocycles. The topological polar surface area (TPSA) is 62.1 Å². The maximum absolute atomic E-state index is 12.5. The molecule has 1 aromatic carbocycles. The van der Waals surface area contributed by atoms with Crippen LogP contribution in [0.5, 0.6) is 5.75 Å². The van der Waals surface area contributed by atoms with Gasteiger partial charge in [-0.2, -0.15) is 5.26 Å². The summed E-state index contributed by atoms with van der Waals surface area (Å²) in [6.07, 6.45) is 3.00. The van der Waals surface area contributed by atoms with Crippen LogP contribution in [0.4, 0.5) is 5.00 Å². The average molecular weight is 326 g/mol. The highest BCUT2D eigenvalue weighted by atomic mass is 32.1. The van der Waals surface area contributed by atoms with Crippen LogP contribution in [0.3, 0.4) is 0 Å². The number of carbonyl (C=O) groups is 1. The minimum atomic E-state index is -0.245. The normalized spacial score (nSPS) is 16.3. The minimum absolute atomic E-state index is 0.245. The van der Waals surface area contributed by atoms with Crippen LogP contribution in [0.15, 0.2) is 24.3 Å². The van der Waals surface area contributed by atoms with Crippen LogP contribution < -0.4 is 10.1 Å². The van der Waals surface area contributed by atoms with Crippen molar-refractivity contribution in [2.75, 3.05) is 12.4 Å². The predicted octanol–water partition coefficient (Wildman–Crippen LogP) is 4.01. The highest BCUT2D eigenvalue weighted by Gasteiger charge is 2.25. The Morgan fingerprint density at radius 1 is 1.43 bits per heavy atom. The summed E-state index contributed by atoms with van der Waals surface area (Å²) in [5.41, 5.74) is 2.21. The lowest BCUT2D eigenvalue weighted by Crippen LogP contribution is -2.13. The average Bonchev–Trinajstić information content (AvgIpc) is 2.90. The Morgan fingerprint density at radius 3 is 2.96 bits per heavy atom. The molecule has 1 heterocycles. The molecule has 0 saturated carbocycles. The van der Waals surface area contributed by atoms with Crippen LogP contribution in [0.25, 0.3) is 0 Å². The van der Waals surface area contributed by atoms with Crippen molar-refractivity contribution in [3.8, 4) is 11.8 Å². The molecule has 118 valence electrons. The molecule has 0 fully saturated rings. The van der Waals surface area contributed by atoms with Gasteiger partial charge in [-0.1, -0.05) is 19.1 Å². The third kappa shape index (κ3) is 2.95. The maximum atomic E-state index is 12.5. The number of thiophene rings is 1. The Hall–Kier alpha value is -2.32. The van der Waals surface area contributed by atoms with E-state index >= 15 is 0 Å². The number of methoxy groups -OCH3 is 1. The van der Waals surface area contributed by atoms with Crippen molar-refractivity contribution >= 4 is 22.2 Å². The van der Waals surface area contributed by atoms with Crippen molar-refractivity contribution in [3.63, 3.8) is 0 Å². The number of nitriles is 1. The zero-order valence-electron chi connectivity index (χ0n) is 13.2. The molecule has 0 spiro atoms. The molecule has 0 bridgehead atoms. The van der Waals surface area contributed by atoms with E-state index in [1.54, 1.807) is 18.2 Å². The summed E-state index contributed by atoms with van der Waals surface area (Å²) >= 11 is 1.53. The van der Waals surface area contributed by atoms with Gasteiger partial charge in [0.05, 0.1) is 18.2 Å².